The van der Waals surface area contributed by atoms with Crippen LogP contribution in [0.1, 0.15) is 27.2 Å². The number of imidazole rings is 1. The molecule has 0 aliphatic carbocycles. The Labute approximate surface area is 187 Å². The first-order valence-electron chi connectivity index (χ1n) is 11.3. The van der Waals surface area contributed by atoms with E-state index in [9.17, 15) is 4.79 Å². The lowest BCUT2D eigenvalue weighted by molar-refractivity contribution is 0.0263. The van der Waals surface area contributed by atoms with E-state index in [0.717, 1.165) is 49.4 Å². The van der Waals surface area contributed by atoms with Crippen molar-refractivity contribution in [1.29, 1.82) is 0 Å². The number of hydrogen-bond donors (Lipinski definition) is 0. The van der Waals surface area contributed by atoms with Gasteiger partial charge in [0, 0.05) is 46.5 Å². The van der Waals surface area contributed by atoms with Crippen molar-refractivity contribution in [2.45, 2.75) is 65.2 Å². The van der Waals surface area contributed by atoms with E-state index in [1.54, 1.807) is 0 Å². The summed E-state index contributed by atoms with van der Waals surface area (Å²) < 4.78 is 13.5. The Balaban J connectivity index is 1.60. The van der Waals surface area contributed by atoms with Crippen LogP contribution in [0.3, 0.4) is 0 Å². The molecule has 1 aromatic carbocycles. The van der Waals surface area contributed by atoms with E-state index in [2.05, 4.69) is 52.3 Å². The lowest BCUT2D eigenvalue weighted by atomic mass is 10.2. The van der Waals surface area contributed by atoms with Crippen LogP contribution < -0.4 is 4.90 Å². The second kappa shape index (κ2) is 9.61. The van der Waals surface area contributed by atoms with Gasteiger partial charge in [0.15, 0.2) is 0 Å². The molecule has 2 aromatic rings. The van der Waals surface area contributed by atoms with Gasteiger partial charge in [0.1, 0.15) is 12.3 Å². The topological polar surface area (TPSA) is 59.8 Å². The van der Waals surface area contributed by atoms with Crippen molar-refractivity contribution in [2.24, 2.45) is 0 Å². The number of ether oxygens (including phenoxy) is 2. The lowest BCUT2D eigenvalue weighted by Gasteiger charge is -2.27. The van der Waals surface area contributed by atoms with Crippen LogP contribution in [-0.2, 0) is 16.2 Å². The van der Waals surface area contributed by atoms with Gasteiger partial charge in [0.05, 0.1) is 17.4 Å². The van der Waals surface area contributed by atoms with Crippen LogP contribution in [0.2, 0.25) is 25.7 Å². The van der Waals surface area contributed by atoms with Crippen molar-refractivity contribution < 1.29 is 14.3 Å². The third-order valence-electron chi connectivity index (χ3n) is 5.34. The molecule has 31 heavy (non-hydrogen) atoms. The molecule has 8 heteroatoms. The molecule has 0 atom stereocenters. The molecule has 1 aliphatic rings. The zero-order valence-corrected chi connectivity index (χ0v) is 21.0. The minimum atomic E-state index is -1.08. The van der Waals surface area contributed by atoms with Gasteiger partial charge in [-0.05, 0) is 51.4 Å². The minimum Gasteiger partial charge on any atom is -0.444 e. The Bertz CT molecular complexity index is 885. The highest BCUT2D eigenvalue weighted by atomic mass is 28.3. The lowest BCUT2D eigenvalue weighted by Crippen LogP contribution is -2.39. The number of benzene rings is 1. The van der Waals surface area contributed by atoms with Gasteiger partial charge in [-0.3, -0.25) is 0 Å². The third-order valence-corrected chi connectivity index (χ3v) is 7.05. The monoisotopic (exact) mass is 446 g/mol. The molecule has 1 aliphatic heterocycles. The number of hydrogen-bond acceptors (Lipinski definition) is 5. The average Bonchev–Trinajstić information content (AvgIpc) is 2.89. The molecule has 172 valence electrons. The van der Waals surface area contributed by atoms with E-state index in [4.69, 9.17) is 9.47 Å². The number of aromatic nitrogens is 2. The van der Waals surface area contributed by atoms with Crippen LogP contribution in [-0.4, -0.2) is 67.0 Å². The number of amides is 1. The molecular weight excluding hydrogens is 408 g/mol. The van der Waals surface area contributed by atoms with Gasteiger partial charge in [-0.25, -0.2) is 9.78 Å². The summed E-state index contributed by atoms with van der Waals surface area (Å²) in [6.07, 6.45) is 2.55. The Hall–Kier alpha value is -2.06. The number of rotatable bonds is 6. The molecule has 3 rings (SSSR count). The van der Waals surface area contributed by atoms with Gasteiger partial charge in [-0.1, -0.05) is 19.6 Å². The fourth-order valence-corrected chi connectivity index (χ4v) is 4.33. The van der Waals surface area contributed by atoms with Gasteiger partial charge in [-0.15, -0.1) is 0 Å². The first kappa shape index (κ1) is 23.6. The van der Waals surface area contributed by atoms with Crippen LogP contribution in [0.15, 0.2) is 24.5 Å². The second-order valence-corrected chi connectivity index (χ2v) is 16.2. The summed E-state index contributed by atoms with van der Waals surface area (Å²) in [5.41, 5.74) is 2.73. The maximum absolute atomic E-state index is 12.4. The Morgan fingerprint density at radius 1 is 1.13 bits per heavy atom. The highest BCUT2D eigenvalue weighted by Crippen LogP contribution is 2.23. The first-order valence-corrected chi connectivity index (χ1v) is 15.0. The molecule has 1 saturated heterocycles. The second-order valence-electron chi connectivity index (χ2n) is 10.5. The molecule has 1 amide bonds. The number of fused-ring (bicyclic) bond motifs is 1. The Morgan fingerprint density at radius 3 is 2.61 bits per heavy atom. The van der Waals surface area contributed by atoms with Gasteiger partial charge < -0.3 is 23.8 Å². The fourth-order valence-electron chi connectivity index (χ4n) is 3.58. The van der Waals surface area contributed by atoms with E-state index >= 15 is 0 Å². The SMILES string of the molecule is CC(C)(C)OC(=O)N1CCCN(c2ccc3c(c2)ncn3COCC[Si](C)(C)C)CC1. The summed E-state index contributed by atoms with van der Waals surface area (Å²) in [5.74, 6) is 0. The van der Waals surface area contributed by atoms with E-state index in [1.165, 1.54) is 6.04 Å². The van der Waals surface area contributed by atoms with Crippen LogP contribution in [0.25, 0.3) is 11.0 Å². The fraction of sp³-hybridized carbons (Fsp3) is 0.652. The zero-order chi connectivity index (χ0) is 22.6. The van der Waals surface area contributed by atoms with Crippen LogP contribution >= 0.6 is 0 Å². The highest BCUT2D eigenvalue weighted by molar-refractivity contribution is 6.76. The molecule has 7 nitrogen and oxygen atoms in total. The van der Waals surface area contributed by atoms with Gasteiger partial charge in [0.2, 0.25) is 0 Å². The highest BCUT2D eigenvalue weighted by Gasteiger charge is 2.24. The third kappa shape index (κ3) is 6.97. The van der Waals surface area contributed by atoms with Crippen LogP contribution in [0, 0.1) is 0 Å². The van der Waals surface area contributed by atoms with E-state index in [1.807, 2.05) is 32.0 Å². The Morgan fingerprint density at radius 2 is 1.90 bits per heavy atom. The number of anilines is 1. The summed E-state index contributed by atoms with van der Waals surface area (Å²) in [4.78, 5) is 21.1. The van der Waals surface area contributed by atoms with Crippen molar-refractivity contribution in [3.63, 3.8) is 0 Å². The molecule has 0 radical (unpaired) electrons. The van der Waals surface area contributed by atoms with Crippen molar-refractivity contribution in [3.8, 4) is 0 Å². The van der Waals surface area contributed by atoms with Crippen LogP contribution in [0.5, 0.6) is 0 Å². The van der Waals surface area contributed by atoms with Crippen molar-refractivity contribution in [2.75, 3.05) is 37.7 Å². The van der Waals surface area contributed by atoms with E-state index in [0.29, 0.717) is 13.3 Å². The van der Waals surface area contributed by atoms with Gasteiger partial charge >= 0.3 is 6.09 Å². The largest absolute Gasteiger partial charge is 0.444 e. The summed E-state index contributed by atoms with van der Waals surface area (Å²) in [5, 5.41) is 0. The maximum atomic E-state index is 12.4. The average molecular weight is 447 g/mol. The summed E-state index contributed by atoms with van der Waals surface area (Å²) in [6.45, 7) is 17.2. The summed E-state index contributed by atoms with van der Waals surface area (Å²) in [6, 6.07) is 7.57. The molecular formula is C23H38N4O3Si. The molecule has 1 fully saturated rings. The quantitative estimate of drug-likeness (QED) is 0.471. The predicted octanol–water partition coefficient (Wildman–Crippen LogP) is 4.80. The molecule has 2 heterocycles. The Kier molecular flexibility index (Phi) is 7.31. The smallest absolute Gasteiger partial charge is 0.410 e. The molecule has 0 unspecified atom stereocenters. The molecule has 0 saturated carbocycles. The molecule has 1 aromatic heterocycles. The van der Waals surface area contributed by atoms with Gasteiger partial charge in [0.25, 0.3) is 0 Å². The molecule has 0 bridgehead atoms. The standard InChI is InChI=1S/C23H38N4O3Si/c1-23(2,3)30-22(28)26-11-7-10-25(12-13-26)19-8-9-21-20(16-19)24-17-27(21)18-29-14-15-31(4,5)6/h8-9,16-17H,7,10-15,18H2,1-6H3. The zero-order valence-electron chi connectivity index (χ0n) is 20.0. The minimum absolute atomic E-state index is 0.224. The van der Waals surface area contributed by atoms with E-state index < -0.39 is 13.7 Å². The van der Waals surface area contributed by atoms with Crippen molar-refractivity contribution in [1.82, 2.24) is 14.5 Å². The number of nitrogens with zero attached hydrogens (tertiary/aromatic N) is 4. The van der Waals surface area contributed by atoms with Crippen LogP contribution in [0.4, 0.5) is 10.5 Å². The number of carbonyl (C=O) groups excluding carboxylic acids is 1. The maximum Gasteiger partial charge on any atom is 0.410 e. The molecule has 0 spiro atoms. The van der Waals surface area contributed by atoms with Crippen molar-refractivity contribution >= 4 is 30.9 Å². The van der Waals surface area contributed by atoms with Crippen molar-refractivity contribution in [3.05, 3.63) is 24.5 Å². The molecule has 0 N–H and O–H groups in total. The summed E-state index contributed by atoms with van der Waals surface area (Å²) in [7, 11) is -1.08. The first-order chi connectivity index (χ1) is 14.5. The normalized spacial score (nSPS) is 15.9. The number of carbonyl (C=O) groups is 1. The predicted molar refractivity (Wildman–Crippen MR) is 128 cm³/mol. The van der Waals surface area contributed by atoms with E-state index in [-0.39, 0.29) is 6.09 Å². The summed E-state index contributed by atoms with van der Waals surface area (Å²) >= 11 is 0. The van der Waals surface area contributed by atoms with Gasteiger partial charge in [-0.2, -0.15) is 0 Å².